The number of rotatable bonds is 4. The minimum absolute atomic E-state index is 0.329. The van der Waals surface area contributed by atoms with Crippen molar-refractivity contribution in [2.45, 2.75) is 12.5 Å². The quantitative estimate of drug-likeness (QED) is 0.647. The van der Waals surface area contributed by atoms with Crippen LogP contribution in [0.4, 0.5) is 4.79 Å². The molecule has 0 bridgehead atoms. The molecule has 2 heterocycles. The summed E-state index contributed by atoms with van der Waals surface area (Å²) in [5, 5.41) is 3.18. The molecule has 1 N–H and O–H groups in total. The highest BCUT2D eigenvalue weighted by Crippen LogP contribution is 2.30. The van der Waals surface area contributed by atoms with Gasteiger partial charge in [-0.15, -0.1) is 11.3 Å². The first-order chi connectivity index (χ1) is 11.3. The van der Waals surface area contributed by atoms with Crippen molar-refractivity contribution in [3.8, 4) is 0 Å². The molecule has 1 aliphatic heterocycles. The molecule has 0 saturated carbocycles. The smallest absolute Gasteiger partial charge is 0.319 e. The second-order valence-electron chi connectivity index (χ2n) is 5.48. The topological polar surface area (TPSA) is 66.5 Å². The van der Waals surface area contributed by atoms with E-state index in [0.717, 1.165) is 16.2 Å². The molecule has 3 amide bonds. The number of hydrogen-bond donors (Lipinski definition) is 1. The number of carbonyl (C=O) groups is 3. The summed E-state index contributed by atoms with van der Waals surface area (Å²) in [5.74, 6) is -0.818. The number of hydrogen-bond acceptors (Lipinski definition) is 4. The molecule has 1 saturated heterocycles. The minimum Gasteiger partial charge on any atom is -0.319 e. The van der Waals surface area contributed by atoms with Gasteiger partial charge in [0.1, 0.15) is 5.54 Å². The Balaban J connectivity index is 1.83. The van der Waals surface area contributed by atoms with Gasteiger partial charge in [-0.1, -0.05) is 35.3 Å². The molecule has 0 radical (unpaired) electrons. The lowest BCUT2D eigenvalue weighted by Crippen LogP contribution is -2.41. The molecule has 24 heavy (non-hydrogen) atoms. The summed E-state index contributed by atoms with van der Waals surface area (Å²) in [6.45, 7) is 1.27. The number of nitrogens with zero attached hydrogens (tertiary/aromatic N) is 1. The second-order valence-corrected chi connectivity index (χ2v) is 7.63. The third-order valence-electron chi connectivity index (χ3n) is 3.85. The fraction of sp³-hybridized carbons (Fsp3) is 0.188. The summed E-state index contributed by atoms with van der Waals surface area (Å²) >= 11 is 12.8. The standard InChI is InChI=1S/C16H12Cl2N2O3S/c1-16(9-2-4-10(17)5-3-9)14(22)20(15(23)19-16)8-11(21)12-6-7-13(18)24-12/h2-7H,8H2,1H3,(H,19,23)/t16-/m0/s1. The molecule has 1 fully saturated rings. The van der Waals surface area contributed by atoms with Crippen LogP contribution in [-0.4, -0.2) is 29.2 Å². The fourth-order valence-corrected chi connectivity index (χ4v) is 3.60. The average molecular weight is 383 g/mol. The molecular weight excluding hydrogens is 371 g/mol. The Bertz CT molecular complexity index is 834. The van der Waals surface area contributed by atoms with Crippen LogP contribution in [-0.2, 0) is 10.3 Å². The number of carbonyl (C=O) groups excluding carboxylic acids is 3. The SMILES string of the molecule is C[C@@]1(c2ccc(Cl)cc2)NC(=O)N(CC(=O)c2ccc(Cl)s2)C1=O. The molecule has 1 aromatic carbocycles. The van der Waals surface area contributed by atoms with Crippen molar-refractivity contribution >= 4 is 52.3 Å². The lowest BCUT2D eigenvalue weighted by Gasteiger charge is -2.22. The van der Waals surface area contributed by atoms with Crippen molar-refractivity contribution in [3.63, 3.8) is 0 Å². The van der Waals surface area contributed by atoms with Gasteiger partial charge in [-0.05, 0) is 36.8 Å². The van der Waals surface area contributed by atoms with Gasteiger partial charge in [-0.3, -0.25) is 14.5 Å². The highest BCUT2D eigenvalue weighted by molar-refractivity contribution is 7.18. The van der Waals surface area contributed by atoms with Crippen molar-refractivity contribution in [1.29, 1.82) is 0 Å². The van der Waals surface area contributed by atoms with Crippen LogP contribution in [0.5, 0.6) is 0 Å². The van der Waals surface area contributed by atoms with E-state index < -0.39 is 17.5 Å². The summed E-state index contributed by atoms with van der Waals surface area (Å²) in [6, 6.07) is 9.20. The molecule has 2 aromatic rings. The number of halogens is 2. The zero-order valence-electron chi connectivity index (χ0n) is 12.5. The third-order valence-corrected chi connectivity index (χ3v) is 5.37. The Morgan fingerprint density at radius 2 is 1.83 bits per heavy atom. The number of nitrogens with one attached hydrogen (secondary N) is 1. The van der Waals surface area contributed by atoms with Gasteiger partial charge in [0.05, 0.1) is 15.8 Å². The van der Waals surface area contributed by atoms with Crippen LogP contribution in [0.3, 0.4) is 0 Å². The molecule has 1 aromatic heterocycles. The first-order valence-corrected chi connectivity index (χ1v) is 8.57. The highest BCUT2D eigenvalue weighted by atomic mass is 35.5. The van der Waals surface area contributed by atoms with E-state index in [9.17, 15) is 14.4 Å². The zero-order chi connectivity index (χ0) is 17.5. The van der Waals surface area contributed by atoms with Crippen LogP contribution >= 0.6 is 34.5 Å². The van der Waals surface area contributed by atoms with E-state index in [1.807, 2.05) is 0 Å². The minimum atomic E-state index is -1.23. The largest absolute Gasteiger partial charge is 0.325 e. The molecule has 0 spiro atoms. The van der Waals surface area contributed by atoms with Crippen molar-refractivity contribution in [2.24, 2.45) is 0 Å². The van der Waals surface area contributed by atoms with Crippen LogP contribution in [0.15, 0.2) is 36.4 Å². The molecular formula is C16H12Cl2N2O3S. The van der Waals surface area contributed by atoms with Crippen molar-refractivity contribution in [3.05, 3.63) is 56.2 Å². The Morgan fingerprint density at radius 3 is 2.42 bits per heavy atom. The van der Waals surface area contributed by atoms with Crippen molar-refractivity contribution in [2.75, 3.05) is 6.54 Å². The van der Waals surface area contributed by atoms with Crippen LogP contribution in [0.2, 0.25) is 9.36 Å². The van der Waals surface area contributed by atoms with Gasteiger partial charge in [0.25, 0.3) is 5.91 Å². The Hall–Kier alpha value is -1.89. The average Bonchev–Trinajstić information content (AvgIpc) is 3.06. The predicted molar refractivity (Wildman–Crippen MR) is 92.7 cm³/mol. The predicted octanol–water partition coefficient (Wildman–Crippen LogP) is 3.70. The van der Waals surface area contributed by atoms with Gasteiger partial charge in [0.15, 0.2) is 5.78 Å². The van der Waals surface area contributed by atoms with Crippen LogP contribution in [0, 0.1) is 0 Å². The molecule has 1 atom stereocenters. The van der Waals surface area contributed by atoms with Crippen molar-refractivity contribution in [1.82, 2.24) is 10.2 Å². The lowest BCUT2D eigenvalue weighted by molar-refractivity contribution is -0.130. The van der Waals surface area contributed by atoms with Crippen LogP contribution in [0.1, 0.15) is 22.2 Å². The first-order valence-electron chi connectivity index (χ1n) is 7.00. The summed E-state index contributed by atoms with van der Waals surface area (Å²) in [7, 11) is 0. The number of Topliss-reactive ketones (excluding diaryl/α,β-unsaturated/α-hetero) is 1. The Morgan fingerprint density at radius 1 is 1.17 bits per heavy atom. The molecule has 124 valence electrons. The molecule has 5 nitrogen and oxygen atoms in total. The van der Waals surface area contributed by atoms with E-state index >= 15 is 0 Å². The number of urea groups is 1. The normalized spacial score (nSPS) is 20.4. The van der Waals surface area contributed by atoms with E-state index in [2.05, 4.69) is 5.32 Å². The van der Waals surface area contributed by atoms with E-state index in [-0.39, 0.29) is 12.3 Å². The maximum absolute atomic E-state index is 12.7. The second kappa shape index (κ2) is 6.20. The van der Waals surface area contributed by atoms with Gasteiger partial charge >= 0.3 is 6.03 Å². The third kappa shape index (κ3) is 2.92. The number of amides is 3. The summed E-state index contributed by atoms with van der Waals surface area (Å²) in [5.41, 5.74) is -0.630. The lowest BCUT2D eigenvalue weighted by atomic mass is 9.92. The Kier molecular flexibility index (Phi) is 4.38. The number of benzene rings is 1. The maximum atomic E-state index is 12.7. The molecule has 3 rings (SSSR count). The maximum Gasteiger partial charge on any atom is 0.325 e. The van der Waals surface area contributed by atoms with Crippen LogP contribution < -0.4 is 5.32 Å². The van der Waals surface area contributed by atoms with E-state index in [0.29, 0.717) is 19.8 Å². The number of imide groups is 1. The molecule has 1 aliphatic rings. The zero-order valence-corrected chi connectivity index (χ0v) is 14.8. The number of thiophene rings is 1. The summed E-state index contributed by atoms with van der Waals surface area (Å²) in [6.07, 6.45) is 0. The van der Waals surface area contributed by atoms with E-state index in [1.165, 1.54) is 0 Å². The molecule has 8 heteroatoms. The molecule has 0 aliphatic carbocycles. The van der Waals surface area contributed by atoms with E-state index in [1.54, 1.807) is 43.3 Å². The van der Waals surface area contributed by atoms with Gasteiger partial charge < -0.3 is 5.32 Å². The monoisotopic (exact) mass is 382 g/mol. The summed E-state index contributed by atoms with van der Waals surface area (Å²) in [4.78, 5) is 38.5. The van der Waals surface area contributed by atoms with E-state index in [4.69, 9.17) is 23.2 Å². The van der Waals surface area contributed by atoms with Crippen molar-refractivity contribution < 1.29 is 14.4 Å². The number of ketones is 1. The van der Waals surface area contributed by atoms with Gasteiger partial charge in [-0.25, -0.2) is 4.79 Å². The van der Waals surface area contributed by atoms with Crippen LogP contribution in [0.25, 0.3) is 0 Å². The van der Waals surface area contributed by atoms with Gasteiger partial charge in [0, 0.05) is 5.02 Å². The summed E-state index contributed by atoms with van der Waals surface area (Å²) < 4.78 is 0.474. The van der Waals surface area contributed by atoms with Gasteiger partial charge in [0.2, 0.25) is 0 Å². The first kappa shape index (κ1) is 17.0. The highest BCUT2D eigenvalue weighted by Gasteiger charge is 2.49. The molecule has 0 unspecified atom stereocenters. The fourth-order valence-electron chi connectivity index (χ4n) is 2.51. The Labute approximate surface area is 152 Å². The van der Waals surface area contributed by atoms with Gasteiger partial charge in [-0.2, -0.15) is 0 Å².